The molecule has 0 spiro atoms. The normalized spacial score (nSPS) is 11.5. The quantitative estimate of drug-likeness (QED) is 0.812. The van der Waals surface area contributed by atoms with Crippen molar-refractivity contribution in [2.75, 3.05) is 0 Å². The van der Waals surface area contributed by atoms with Gasteiger partial charge in [-0.1, -0.05) is 12.1 Å². The van der Waals surface area contributed by atoms with Crippen LogP contribution in [-0.2, 0) is 10.1 Å². The third-order valence-corrected chi connectivity index (χ3v) is 4.49. The minimum absolute atomic E-state index is 0.165. The average molecular weight is 312 g/mol. The van der Waals surface area contributed by atoms with E-state index in [0.717, 1.165) is 17.7 Å². The SMILES string of the molecule is Cc1ccc(C)c(OS(=O)(=O)c2ccc(F)cc2F)c1C. The first-order valence-electron chi connectivity index (χ1n) is 6.18. The predicted octanol–water partition coefficient (Wildman–Crippen LogP) is 3.66. The second kappa shape index (κ2) is 5.44. The van der Waals surface area contributed by atoms with Crippen LogP contribution in [0, 0.1) is 32.4 Å². The van der Waals surface area contributed by atoms with E-state index >= 15 is 0 Å². The molecule has 0 aliphatic rings. The molecule has 2 aromatic rings. The summed E-state index contributed by atoms with van der Waals surface area (Å²) < 4.78 is 55.9. The third kappa shape index (κ3) is 3.05. The van der Waals surface area contributed by atoms with Crippen molar-refractivity contribution in [1.29, 1.82) is 0 Å². The van der Waals surface area contributed by atoms with Gasteiger partial charge in [-0.05, 0) is 49.6 Å². The van der Waals surface area contributed by atoms with E-state index in [2.05, 4.69) is 0 Å². The topological polar surface area (TPSA) is 43.4 Å². The Balaban J connectivity index is 2.50. The Kier molecular flexibility index (Phi) is 4.00. The lowest BCUT2D eigenvalue weighted by molar-refractivity contribution is 0.471. The average Bonchev–Trinajstić information content (AvgIpc) is 2.39. The molecule has 0 saturated heterocycles. The fraction of sp³-hybridized carbons (Fsp3) is 0.200. The lowest BCUT2D eigenvalue weighted by Gasteiger charge is -2.14. The molecule has 0 bridgehead atoms. The van der Waals surface area contributed by atoms with Crippen molar-refractivity contribution < 1.29 is 21.4 Å². The highest BCUT2D eigenvalue weighted by Crippen LogP contribution is 2.29. The van der Waals surface area contributed by atoms with Crippen LogP contribution in [0.25, 0.3) is 0 Å². The maximum Gasteiger partial charge on any atom is 0.342 e. The molecule has 2 aromatic carbocycles. The van der Waals surface area contributed by atoms with Crippen LogP contribution >= 0.6 is 0 Å². The first-order valence-corrected chi connectivity index (χ1v) is 7.59. The van der Waals surface area contributed by atoms with Gasteiger partial charge in [-0.2, -0.15) is 8.42 Å². The Hall–Kier alpha value is -1.95. The highest BCUT2D eigenvalue weighted by Gasteiger charge is 2.23. The Morgan fingerprint density at radius 1 is 0.952 bits per heavy atom. The van der Waals surface area contributed by atoms with Crippen LogP contribution in [-0.4, -0.2) is 8.42 Å². The Morgan fingerprint density at radius 2 is 1.57 bits per heavy atom. The maximum absolute atomic E-state index is 13.6. The van der Waals surface area contributed by atoms with Crippen molar-refractivity contribution >= 4 is 10.1 Å². The predicted molar refractivity (Wildman–Crippen MR) is 74.8 cm³/mol. The van der Waals surface area contributed by atoms with E-state index in [0.29, 0.717) is 17.2 Å². The van der Waals surface area contributed by atoms with Crippen LogP contribution in [0.3, 0.4) is 0 Å². The number of halogens is 2. The Labute approximate surface area is 122 Å². The molecule has 0 saturated carbocycles. The number of hydrogen-bond acceptors (Lipinski definition) is 3. The van der Waals surface area contributed by atoms with Gasteiger partial charge in [0.2, 0.25) is 0 Å². The zero-order chi connectivity index (χ0) is 15.8. The van der Waals surface area contributed by atoms with Gasteiger partial charge in [0.25, 0.3) is 0 Å². The van der Waals surface area contributed by atoms with Crippen molar-refractivity contribution in [1.82, 2.24) is 0 Å². The molecular formula is C15H14F2O3S. The zero-order valence-corrected chi connectivity index (χ0v) is 12.6. The number of hydrogen-bond donors (Lipinski definition) is 0. The van der Waals surface area contributed by atoms with E-state index in [4.69, 9.17) is 4.18 Å². The summed E-state index contributed by atoms with van der Waals surface area (Å²) in [7, 11) is -4.36. The van der Waals surface area contributed by atoms with Gasteiger partial charge in [0.05, 0.1) is 0 Å². The summed E-state index contributed by atoms with van der Waals surface area (Å²) in [6.07, 6.45) is 0. The second-order valence-corrected chi connectivity index (χ2v) is 6.28. The molecule has 0 fully saturated rings. The summed E-state index contributed by atoms with van der Waals surface area (Å²) in [5.41, 5.74) is 2.12. The molecule has 0 N–H and O–H groups in total. The second-order valence-electron chi connectivity index (χ2n) is 4.77. The van der Waals surface area contributed by atoms with Gasteiger partial charge in [0.1, 0.15) is 22.3 Å². The lowest BCUT2D eigenvalue weighted by Crippen LogP contribution is -2.13. The van der Waals surface area contributed by atoms with E-state index in [1.54, 1.807) is 19.9 Å². The van der Waals surface area contributed by atoms with Crippen LogP contribution in [0.5, 0.6) is 5.75 Å². The third-order valence-electron chi connectivity index (χ3n) is 3.23. The molecule has 0 radical (unpaired) electrons. The minimum atomic E-state index is -4.36. The smallest absolute Gasteiger partial charge is 0.342 e. The fourth-order valence-electron chi connectivity index (χ4n) is 1.89. The Morgan fingerprint density at radius 3 is 2.19 bits per heavy atom. The van der Waals surface area contributed by atoms with E-state index in [1.165, 1.54) is 0 Å². The molecule has 0 atom stereocenters. The van der Waals surface area contributed by atoms with Crippen LogP contribution in [0.2, 0.25) is 0 Å². The molecule has 0 aliphatic carbocycles. The van der Waals surface area contributed by atoms with Gasteiger partial charge < -0.3 is 4.18 Å². The van der Waals surface area contributed by atoms with Gasteiger partial charge in [0.15, 0.2) is 0 Å². The maximum atomic E-state index is 13.6. The van der Waals surface area contributed by atoms with Crippen LogP contribution in [0.4, 0.5) is 8.78 Å². The highest BCUT2D eigenvalue weighted by atomic mass is 32.2. The van der Waals surface area contributed by atoms with Crippen molar-refractivity contribution in [3.8, 4) is 5.75 Å². The van der Waals surface area contributed by atoms with Gasteiger partial charge >= 0.3 is 10.1 Å². The van der Waals surface area contributed by atoms with Crippen molar-refractivity contribution in [2.24, 2.45) is 0 Å². The van der Waals surface area contributed by atoms with E-state index in [9.17, 15) is 17.2 Å². The molecule has 6 heteroatoms. The van der Waals surface area contributed by atoms with Gasteiger partial charge in [-0.25, -0.2) is 8.78 Å². The summed E-state index contributed by atoms with van der Waals surface area (Å²) in [6.45, 7) is 5.22. The zero-order valence-electron chi connectivity index (χ0n) is 11.8. The number of benzene rings is 2. The van der Waals surface area contributed by atoms with Crippen LogP contribution in [0.1, 0.15) is 16.7 Å². The Bertz CT molecular complexity index is 799. The minimum Gasteiger partial charge on any atom is -0.378 e. The molecule has 21 heavy (non-hydrogen) atoms. The molecule has 0 amide bonds. The molecular weight excluding hydrogens is 298 g/mol. The summed E-state index contributed by atoms with van der Waals surface area (Å²) in [5.74, 6) is -1.87. The van der Waals surface area contributed by atoms with Crippen LogP contribution < -0.4 is 4.18 Å². The first-order chi connectivity index (χ1) is 9.72. The van der Waals surface area contributed by atoms with Crippen molar-refractivity contribution in [3.05, 3.63) is 58.7 Å². The molecule has 0 aliphatic heterocycles. The fourth-order valence-corrected chi connectivity index (χ4v) is 2.98. The molecule has 3 nitrogen and oxygen atoms in total. The number of rotatable bonds is 3. The molecule has 2 rings (SSSR count). The van der Waals surface area contributed by atoms with Gasteiger partial charge in [0, 0.05) is 6.07 Å². The monoisotopic (exact) mass is 312 g/mol. The summed E-state index contributed by atoms with van der Waals surface area (Å²) in [6, 6.07) is 5.78. The molecule has 0 unspecified atom stereocenters. The summed E-state index contributed by atoms with van der Waals surface area (Å²) in [4.78, 5) is -0.691. The highest BCUT2D eigenvalue weighted by molar-refractivity contribution is 7.87. The van der Waals surface area contributed by atoms with E-state index < -0.39 is 26.6 Å². The summed E-state index contributed by atoms with van der Waals surface area (Å²) in [5, 5.41) is 0. The largest absolute Gasteiger partial charge is 0.378 e. The number of aryl methyl sites for hydroxylation is 2. The van der Waals surface area contributed by atoms with Crippen LogP contribution in [0.15, 0.2) is 35.2 Å². The lowest BCUT2D eigenvalue weighted by atomic mass is 10.1. The van der Waals surface area contributed by atoms with E-state index in [-0.39, 0.29) is 5.75 Å². The van der Waals surface area contributed by atoms with Crippen molar-refractivity contribution in [3.63, 3.8) is 0 Å². The molecule has 0 aromatic heterocycles. The van der Waals surface area contributed by atoms with E-state index in [1.807, 2.05) is 13.0 Å². The van der Waals surface area contributed by atoms with Gasteiger partial charge in [-0.3, -0.25) is 0 Å². The molecule has 112 valence electrons. The van der Waals surface area contributed by atoms with Crippen molar-refractivity contribution in [2.45, 2.75) is 25.7 Å². The van der Waals surface area contributed by atoms with Gasteiger partial charge in [-0.15, -0.1) is 0 Å². The standard InChI is InChI=1S/C15H14F2O3S/c1-9-4-5-10(2)15(11(9)3)20-21(18,19)14-7-6-12(16)8-13(14)17/h4-8H,1-3H3. The molecule has 0 heterocycles. The first kappa shape index (κ1) is 15.4. The summed E-state index contributed by atoms with van der Waals surface area (Å²) >= 11 is 0.